The quantitative estimate of drug-likeness (QED) is 0.198. The van der Waals surface area contributed by atoms with Crippen LogP contribution in [0.1, 0.15) is 48.0 Å². The third-order valence-corrected chi connectivity index (χ3v) is 7.86. The van der Waals surface area contributed by atoms with Gasteiger partial charge in [0.15, 0.2) is 5.79 Å². The molecule has 0 saturated carbocycles. The number of hydrogen-bond donors (Lipinski definition) is 1. The zero-order chi connectivity index (χ0) is 29.0. The molecular formula is C36H36N2O4. The number of aromatic nitrogens is 2. The fourth-order valence-corrected chi connectivity index (χ4v) is 5.97. The van der Waals surface area contributed by atoms with Gasteiger partial charge in [-0.25, -0.2) is 4.98 Å². The predicted molar refractivity (Wildman–Crippen MR) is 162 cm³/mol. The van der Waals surface area contributed by atoms with Crippen LogP contribution in [0.25, 0.3) is 0 Å². The molecule has 214 valence electrons. The molecule has 0 bridgehead atoms. The zero-order valence-electron chi connectivity index (χ0n) is 23.9. The second kappa shape index (κ2) is 12.0. The lowest BCUT2D eigenvalue weighted by molar-refractivity contribution is -0.173. The average molecular weight is 561 g/mol. The molecule has 3 atom stereocenters. The Kier molecular flexibility index (Phi) is 8.05. The second-order valence-corrected chi connectivity index (χ2v) is 11.0. The summed E-state index contributed by atoms with van der Waals surface area (Å²) in [5, 5.41) is 12.2. The summed E-state index contributed by atoms with van der Waals surface area (Å²) in [6.07, 6.45) is 1.32. The molecule has 42 heavy (non-hydrogen) atoms. The smallest absolute Gasteiger partial charge is 0.163 e. The van der Waals surface area contributed by atoms with Gasteiger partial charge in [0.2, 0.25) is 0 Å². The summed E-state index contributed by atoms with van der Waals surface area (Å²) in [5.41, 5.74) is 3.29. The van der Waals surface area contributed by atoms with Gasteiger partial charge in [-0.3, -0.25) is 0 Å². The van der Waals surface area contributed by atoms with Crippen molar-refractivity contribution in [2.24, 2.45) is 0 Å². The standard InChI is InChI=1S/C36H36N2O4/c1-35(2)41-26-31(42-35)33(40-25-27-15-7-3-8-16-27)32(39)34-37-23-24-38(34)36(28-17-9-4-10-18-28,29-19-11-5-12-20-29)30-21-13-6-14-22-30/h3-24,31-33,39H,25-26H2,1-2H3/t31-,32-,33+/m1/s1. The number of imidazole rings is 1. The molecule has 1 aliphatic heterocycles. The maximum Gasteiger partial charge on any atom is 0.163 e. The van der Waals surface area contributed by atoms with Crippen molar-refractivity contribution in [3.63, 3.8) is 0 Å². The summed E-state index contributed by atoms with van der Waals surface area (Å²) in [6, 6.07) is 41.0. The van der Waals surface area contributed by atoms with E-state index in [1.54, 1.807) is 6.20 Å². The molecule has 4 aromatic carbocycles. The van der Waals surface area contributed by atoms with Crippen LogP contribution in [0.5, 0.6) is 0 Å². The van der Waals surface area contributed by atoms with Crippen molar-refractivity contribution < 1.29 is 19.3 Å². The Balaban J connectivity index is 1.50. The lowest BCUT2D eigenvalue weighted by Crippen LogP contribution is -2.43. The van der Waals surface area contributed by atoms with Crippen LogP contribution in [0.4, 0.5) is 0 Å². The highest BCUT2D eigenvalue weighted by Gasteiger charge is 2.45. The van der Waals surface area contributed by atoms with Gasteiger partial charge in [-0.15, -0.1) is 0 Å². The Morgan fingerprint density at radius 1 is 0.833 bits per heavy atom. The van der Waals surface area contributed by atoms with Crippen molar-refractivity contribution in [2.75, 3.05) is 6.61 Å². The highest BCUT2D eigenvalue weighted by atomic mass is 16.7. The first kappa shape index (κ1) is 28.1. The van der Waals surface area contributed by atoms with E-state index in [0.29, 0.717) is 19.0 Å². The Morgan fingerprint density at radius 3 is 1.81 bits per heavy atom. The third kappa shape index (κ3) is 5.42. The fraction of sp³-hybridized carbons (Fsp3) is 0.250. The minimum absolute atomic E-state index is 0.297. The number of aliphatic hydroxyl groups is 1. The van der Waals surface area contributed by atoms with Crippen molar-refractivity contribution in [3.05, 3.63) is 162 Å². The van der Waals surface area contributed by atoms with Crippen LogP contribution in [0.2, 0.25) is 0 Å². The number of benzene rings is 4. The van der Waals surface area contributed by atoms with Gasteiger partial charge in [-0.05, 0) is 36.1 Å². The van der Waals surface area contributed by atoms with E-state index in [-0.39, 0.29) is 0 Å². The Morgan fingerprint density at radius 2 is 1.33 bits per heavy atom. The Bertz CT molecular complexity index is 1460. The van der Waals surface area contributed by atoms with Crippen molar-refractivity contribution in [2.45, 2.75) is 50.1 Å². The van der Waals surface area contributed by atoms with E-state index < -0.39 is 29.6 Å². The van der Waals surface area contributed by atoms with Gasteiger partial charge in [0.1, 0.15) is 29.7 Å². The molecule has 1 saturated heterocycles. The van der Waals surface area contributed by atoms with E-state index >= 15 is 0 Å². The van der Waals surface area contributed by atoms with Gasteiger partial charge in [-0.1, -0.05) is 121 Å². The van der Waals surface area contributed by atoms with Crippen molar-refractivity contribution in [3.8, 4) is 0 Å². The number of hydrogen-bond acceptors (Lipinski definition) is 5. The van der Waals surface area contributed by atoms with E-state index in [1.165, 1.54) is 0 Å². The molecule has 5 aromatic rings. The summed E-state index contributed by atoms with van der Waals surface area (Å²) in [4.78, 5) is 4.78. The Hall–Kier alpha value is -4.07. The van der Waals surface area contributed by atoms with Crippen LogP contribution in [-0.2, 0) is 26.4 Å². The van der Waals surface area contributed by atoms with E-state index in [0.717, 1.165) is 22.3 Å². The minimum atomic E-state index is -1.12. The van der Waals surface area contributed by atoms with E-state index in [9.17, 15) is 5.11 Å². The maximum atomic E-state index is 12.2. The van der Waals surface area contributed by atoms with Crippen LogP contribution in [0.3, 0.4) is 0 Å². The molecule has 0 radical (unpaired) electrons. The second-order valence-electron chi connectivity index (χ2n) is 11.0. The summed E-state index contributed by atoms with van der Waals surface area (Å²) < 4.78 is 20.7. The first-order valence-electron chi connectivity index (χ1n) is 14.3. The summed E-state index contributed by atoms with van der Waals surface area (Å²) in [6.45, 7) is 4.36. The van der Waals surface area contributed by atoms with Gasteiger partial charge in [0.25, 0.3) is 0 Å². The van der Waals surface area contributed by atoms with E-state index in [1.807, 2.05) is 105 Å². The maximum absolute atomic E-state index is 12.2. The van der Waals surface area contributed by atoms with Crippen LogP contribution < -0.4 is 0 Å². The van der Waals surface area contributed by atoms with E-state index in [2.05, 4.69) is 41.0 Å². The molecule has 1 N–H and O–H groups in total. The highest BCUT2D eigenvalue weighted by Crippen LogP contribution is 2.43. The number of nitrogens with zero attached hydrogens (tertiary/aromatic N) is 2. The average Bonchev–Trinajstić information content (AvgIpc) is 3.66. The van der Waals surface area contributed by atoms with Gasteiger partial charge in [0, 0.05) is 12.4 Å². The first-order chi connectivity index (χ1) is 20.5. The lowest BCUT2D eigenvalue weighted by Gasteiger charge is -2.40. The van der Waals surface area contributed by atoms with Crippen LogP contribution >= 0.6 is 0 Å². The van der Waals surface area contributed by atoms with Crippen molar-refractivity contribution in [1.82, 2.24) is 9.55 Å². The highest BCUT2D eigenvalue weighted by molar-refractivity contribution is 5.51. The van der Waals surface area contributed by atoms with Crippen LogP contribution in [0, 0.1) is 0 Å². The first-order valence-corrected chi connectivity index (χ1v) is 14.3. The third-order valence-electron chi connectivity index (χ3n) is 7.86. The van der Waals surface area contributed by atoms with Crippen LogP contribution in [0.15, 0.2) is 134 Å². The SMILES string of the molecule is CC1(C)OC[C@H]([C@H](OCc2ccccc2)[C@@H](O)c2nccn2C(c2ccccc2)(c2ccccc2)c2ccccc2)O1. The zero-order valence-corrected chi connectivity index (χ0v) is 23.9. The molecule has 1 fully saturated rings. The number of aliphatic hydroxyl groups excluding tert-OH is 1. The fourth-order valence-electron chi connectivity index (χ4n) is 5.97. The largest absolute Gasteiger partial charge is 0.382 e. The van der Waals surface area contributed by atoms with Crippen LogP contribution in [-0.4, -0.2) is 39.3 Å². The molecule has 0 amide bonds. The molecule has 1 aliphatic rings. The topological polar surface area (TPSA) is 65.7 Å². The molecule has 2 heterocycles. The molecule has 6 rings (SSSR count). The molecule has 1 aromatic heterocycles. The van der Waals surface area contributed by atoms with Crippen molar-refractivity contribution >= 4 is 0 Å². The predicted octanol–water partition coefficient (Wildman–Crippen LogP) is 6.49. The molecular weight excluding hydrogens is 524 g/mol. The van der Waals surface area contributed by atoms with Crippen molar-refractivity contribution in [1.29, 1.82) is 0 Å². The molecule has 6 nitrogen and oxygen atoms in total. The van der Waals surface area contributed by atoms with Gasteiger partial charge < -0.3 is 23.9 Å². The molecule has 6 heteroatoms. The summed E-state index contributed by atoms with van der Waals surface area (Å²) >= 11 is 0. The summed E-state index contributed by atoms with van der Waals surface area (Å²) in [7, 11) is 0. The van der Waals surface area contributed by atoms with Gasteiger partial charge in [-0.2, -0.15) is 0 Å². The lowest BCUT2D eigenvalue weighted by atomic mass is 9.76. The molecule has 0 spiro atoms. The normalized spacial score (nSPS) is 18.0. The van der Waals surface area contributed by atoms with Gasteiger partial charge >= 0.3 is 0 Å². The monoisotopic (exact) mass is 560 g/mol. The van der Waals surface area contributed by atoms with Gasteiger partial charge in [0.05, 0.1) is 13.2 Å². The summed E-state index contributed by atoms with van der Waals surface area (Å²) in [5.74, 6) is -0.311. The number of ether oxygens (including phenoxy) is 3. The molecule has 0 aliphatic carbocycles. The Labute approximate surface area is 247 Å². The minimum Gasteiger partial charge on any atom is -0.382 e. The van der Waals surface area contributed by atoms with E-state index in [4.69, 9.17) is 19.2 Å². The number of rotatable bonds is 10. The molecule has 0 unspecified atom stereocenters.